The van der Waals surface area contributed by atoms with Crippen LogP contribution in [-0.4, -0.2) is 35.1 Å². The molecule has 1 aromatic heterocycles. The Balaban J connectivity index is 1.94. The zero-order valence-electron chi connectivity index (χ0n) is 20.4. The van der Waals surface area contributed by atoms with Crippen LogP contribution < -0.4 is 16.2 Å². The van der Waals surface area contributed by atoms with E-state index in [0.717, 1.165) is 36.2 Å². The van der Waals surface area contributed by atoms with Crippen molar-refractivity contribution < 1.29 is 37.0 Å². The predicted molar refractivity (Wildman–Crippen MR) is 134 cm³/mol. The van der Waals surface area contributed by atoms with Crippen LogP contribution in [-0.2, 0) is 22.2 Å². The Kier molecular flexibility index (Phi) is 8.08. The molecule has 9 nitrogen and oxygen atoms in total. The van der Waals surface area contributed by atoms with Gasteiger partial charge in [0, 0.05) is 30.4 Å². The molecule has 13 heteroatoms. The molecule has 1 heterocycles. The second-order valence-corrected chi connectivity index (χ2v) is 8.55. The highest BCUT2D eigenvalue weighted by Crippen LogP contribution is 2.50. The van der Waals surface area contributed by atoms with Gasteiger partial charge in [0.1, 0.15) is 5.75 Å². The van der Waals surface area contributed by atoms with Crippen LogP contribution >= 0.6 is 11.6 Å². The van der Waals surface area contributed by atoms with Crippen LogP contribution in [0.3, 0.4) is 0 Å². The third-order valence-corrected chi connectivity index (χ3v) is 6.24. The molecule has 2 atom stereocenters. The zero-order chi connectivity index (χ0) is 28.4. The van der Waals surface area contributed by atoms with Crippen LogP contribution in [0.5, 0.6) is 5.75 Å². The molecule has 3 aromatic rings. The summed E-state index contributed by atoms with van der Waals surface area (Å²) in [7, 11) is 2.50. The fourth-order valence-corrected chi connectivity index (χ4v) is 4.09. The summed E-state index contributed by atoms with van der Waals surface area (Å²) in [5, 5.41) is 11.0. The summed E-state index contributed by atoms with van der Waals surface area (Å²) >= 11 is 6.31. The summed E-state index contributed by atoms with van der Waals surface area (Å²) in [6.07, 6.45) is -3.10. The van der Waals surface area contributed by atoms with Crippen molar-refractivity contribution in [3.63, 3.8) is 0 Å². The Morgan fingerprint density at radius 2 is 1.97 bits per heavy atom. The summed E-state index contributed by atoms with van der Waals surface area (Å²) in [5.74, 6) is -3.20. The molecule has 0 bridgehead atoms. The van der Waals surface area contributed by atoms with Crippen molar-refractivity contribution >= 4 is 34.9 Å². The molecule has 0 saturated heterocycles. The molecule has 0 spiro atoms. The van der Waals surface area contributed by atoms with Gasteiger partial charge in [-0.2, -0.15) is 13.2 Å². The summed E-state index contributed by atoms with van der Waals surface area (Å²) < 4.78 is 59.1. The van der Waals surface area contributed by atoms with E-state index < -0.39 is 35.0 Å². The zero-order valence-corrected chi connectivity index (χ0v) is 21.1. The van der Waals surface area contributed by atoms with E-state index in [-0.39, 0.29) is 38.9 Å². The Labute approximate surface area is 219 Å². The molecule has 0 aliphatic rings. The van der Waals surface area contributed by atoms with Crippen molar-refractivity contribution in [2.24, 2.45) is 17.8 Å². The van der Waals surface area contributed by atoms with E-state index in [4.69, 9.17) is 26.5 Å². The number of alkyl halides is 3. The smallest absolute Gasteiger partial charge is 0.422 e. The highest BCUT2D eigenvalue weighted by Gasteiger charge is 2.59. The minimum atomic E-state index is -5.13. The molecule has 0 aliphatic heterocycles. The molecule has 38 heavy (non-hydrogen) atoms. The van der Waals surface area contributed by atoms with Gasteiger partial charge in [-0.15, -0.1) is 0 Å². The topological polar surface area (TPSA) is 129 Å². The number of carbonyl (C=O) groups is 1. The number of hydrogen-bond acceptors (Lipinski definition) is 8. The van der Waals surface area contributed by atoms with Gasteiger partial charge in [0.2, 0.25) is 5.88 Å². The molecule has 0 saturated carbocycles. The second-order valence-electron chi connectivity index (χ2n) is 8.15. The third-order valence-electron chi connectivity index (χ3n) is 5.91. The number of aliphatic hydroxyl groups is 1. The molecule has 0 unspecified atom stereocenters. The maximum Gasteiger partial charge on any atom is 0.422 e. The third kappa shape index (κ3) is 5.31. The number of fused-ring (bicyclic) bond motifs is 1. The molecular formula is C25H23ClF3N3O6. The average molecular weight is 554 g/mol. The van der Waals surface area contributed by atoms with Gasteiger partial charge >= 0.3 is 17.9 Å². The van der Waals surface area contributed by atoms with Crippen LogP contribution in [0.25, 0.3) is 11.1 Å². The van der Waals surface area contributed by atoms with Gasteiger partial charge in [0.05, 0.1) is 18.2 Å². The first-order valence-corrected chi connectivity index (χ1v) is 11.2. The maximum absolute atomic E-state index is 14.4. The molecule has 0 amide bonds. The van der Waals surface area contributed by atoms with Crippen LogP contribution in [0.4, 0.5) is 13.2 Å². The minimum Gasteiger partial charge on any atom is -0.465 e. The van der Waals surface area contributed by atoms with Gasteiger partial charge in [-0.3, -0.25) is 4.57 Å². The molecule has 0 fully saturated rings. The Morgan fingerprint density at radius 3 is 2.55 bits per heavy atom. The standard InChI is InChI=1S/C25H23ClF3N3O6/c1-13(24(35,25(27,28)29)16-5-8-21-20(9-16)32(3)23(34)38-21)18-7-6-17(10-19(18)26)37-14(2)31-12-15(11-30)22(33)36-4/h5-13,35H,2,30H2,1,3-4H3/b15-11+,31-12?/t13-,24-/m1/s1. The SMILES string of the molecule is C=C(N=C/C(=C\N)C(=O)OC)Oc1ccc([C@@H](C)[C@@](O)(c2ccc3oc(=O)n(C)c3c2)C(F)(F)F)c(Cl)c1. The summed E-state index contributed by atoms with van der Waals surface area (Å²) in [4.78, 5) is 27.1. The number of nitrogens with zero attached hydrogens (tertiary/aromatic N) is 2. The largest absolute Gasteiger partial charge is 0.465 e. The van der Waals surface area contributed by atoms with Crippen molar-refractivity contribution in [1.29, 1.82) is 0 Å². The average Bonchev–Trinajstić information content (AvgIpc) is 3.15. The van der Waals surface area contributed by atoms with Crippen molar-refractivity contribution in [3.05, 3.63) is 87.3 Å². The molecule has 202 valence electrons. The van der Waals surface area contributed by atoms with Crippen LogP contribution in [0, 0.1) is 0 Å². The number of ether oxygens (including phenoxy) is 2. The molecule has 3 rings (SSSR count). The van der Waals surface area contributed by atoms with Gasteiger partial charge in [0.25, 0.3) is 0 Å². The van der Waals surface area contributed by atoms with E-state index in [1.165, 1.54) is 38.2 Å². The monoisotopic (exact) mass is 553 g/mol. The number of benzene rings is 2. The van der Waals surface area contributed by atoms with Crippen molar-refractivity contribution in [2.75, 3.05) is 7.11 Å². The van der Waals surface area contributed by atoms with E-state index in [1.807, 2.05) is 0 Å². The Hall–Kier alpha value is -4.03. The number of aromatic nitrogens is 1. The van der Waals surface area contributed by atoms with Crippen molar-refractivity contribution in [1.82, 2.24) is 4.57 Å². The second kappa shape index (κ2) is 10.8. The van der Waals surface area contributed by atoms with Crippen molar-refractivity contribution in [3.8, 4) is 5.75 Å². The lowest BCUT2D eigenvalue weighted by molar-refractivity contribution is -0.274. The van der Waals surface area contributed by atoms with Crippen LogP contribution in [0.15, 0.2) is 74.8 Å². The first-order chi connectivity index (χ1) is 17.7. The van der Waals surface area contributed by atoms with Crippen LogP contribution in [0.2, 0.25) is 5.02 Å². The number of rotatable bonds is 8. The van der Waals surface area contributed by atoms with E-state index >= 15 is 0 Å². The first-order valence-electron chi connectivity index (χ1n) is 10.8. The van der Waals surface area contributed by atoms with E-state index in [2.05, 4.69) is 16.3 Å². The van der Waals surface area contributed by atoms with Crippen molar-refractivity contribution in [2.45, 2.75) is 24.6 Å². The highest BCUT2D eigenvalue weighted by atomic mass is 35.5. The molecule has 0 aliphatic carbocycles. The fraction of sp³-hybridized carbons (Fsp3) is 0.240. The quantitative estimate of drug-likeness (QED) is 0.184. The summed E-state index contributed by atoms with van der Waals surface area (Å²) in [6.45, 7) is 4.74. The number of oxazole rings is 1. The number of halogens is 4. The number of methoxy groups -OCH3 is 1. The van der Waals surface area contributed by atoms with Gasteiger partial charge in [-0.05, 0) is 42.0 Å². The number of carbonyl (C=O) groups excluding carboxylic acids is 1. The lowest BCUT2D eigenvalue weighted by atomic mass is 9.77. The van der Waals surface area contributed by atoms with Gasteiger partial charge in [-0.25, -0.2) is 14.6 Å². The maximum atomic E-state index is 14.4. The number of aryl methyl sites for hydroxylation is 1. The minimum absolute atomic E-state index is 0.0341. The Morgan fingerprint density at radius 1 is 1.29 bits per heavy atom. The Bertz CT molecular complexity index is 1510. The molecule has 2 aromatic carbocycles. The number of hydrogen-bond donors (Lipinski definition) is 2. The number of aliphatic imine (C=N–C) groups is 1. The van der Waals surface area contributed by atoms with Gasteiger partial charge in [0.15, 0.2) is 11.2 Å². The summed E-state index contributed by atoms with van der Waals surface area (Å²) in [5.41, 5.74) is 1.49. The fourth-order valence-electron chi connectivity index (χ4n) is 3.76. The van der Waals surface area contributed by atoms with E-state index in [1.54, 1.807) is 0 Å². The first kappa shape index (κ1) is 28.5. The van der Waals surface area contributed by atoms with Crippen LogP contribution in [0.1, 0.15) is 24.0 Å². The van der Waals surface area contributed by atoms with Gasteiger partial charge in [-0.1, -0.05) is 30.7 Å². The van der Waals surface area contributed by atoms with E-state index in [9.17, 15) is 27.9 Å². The van der Waals surface area contributed by atoms with E-state index in [0.29, 0.717) is 0 Å². The molecule has 3 N–H and O–H groups in total. The number of nitrogens with two attached hydrogens (primary N) is 1. The van der Waals surface area contributed by atoms with Gasteiger partial charge < -0.3 is 24.7 Å². The predicted octanol–water partition coefficient (Wildman–Crippen LogP) is 4.27. The highest BCUT2D eigenvalue weighted by molar-refractivity contribution is 6.31. The molecular weight excluding hydrogens is 531 g/mol. The molecule has 0 radical (unpaired) electrons. The normalized spacial score (nSPS) is 14.9. The lowest BCUT2D eigenvalue weighted by Crippen LogP contribution is -2.46. The number of esters is 1. The summed E-state index contributed by atoms with van der Waals surface area (Å²) in [6, 6.07) is 7.09. The lowest BCUT2D eigenvalue weighted by Gasteiger charge is -2.37.